The Balaban J connectivity index is 1.76. The Kier molecular flexibility index (Phi) is 7.50. The second-order valence-electron chi connectivity index (χ2n) is 6.24. The fraction of sp³-hybridized carbons (Fsp3) is 0.400. The van der Waals surface area contributed by atoms with Gasteiger partial charge in [0, 0.05) is 31.4 Å². The van der Waals surface area contributed by atoms with Crippen LogP contribution >= 0.6 is 0 Å². The zero-order chi connectivity index (χ0) is 20.6. The number of nitrogens with zero attached hydrogens (tertiary/aromatic N) is 3. The van der Waals surface area contributed by atoms with E-state index in [-0.39, 0.29) is 6.54 Å². The summed E-state index contributed by atoms with van der Waals surface area (Å²) in [5.41, 5.74) is 1.75. The molecule has 5 nitrogen and oxygen atoms in total. The van der Waals surface area contributed by atoms with Gasteiger partial charge in [0.1, 0.15) is 0 Å². The van der Waals surface area contributed by atoms with Crippen molar-refractivity contribution in [3.63, 3.8) is 0 Å². The second kappa shape index (κ2) is 9.83. The van der Waals surface area contributed by atoms with Gasteiger partial charge in [0.2, 0.25) is 0 Å². The normalized spacial score (nSPS) is 11.7. The largest absolute Gasteiger partial charge is 0.416 e. The molecule has 0 saturated heterocycles. The van der Waals surface area contributed by atoms with E-state index < -0.39 is 11.7 Å². The van der Waals surface area contributed by atoms with E-state index in [9.17, 15) is 13.2 Å². The number of benzene rings is 1. The number of hydrogen-bond donors (Lipinski definition) is 2. The van der Waals surface area contributed by atoms with E-state index in [0.29, 0.717) is 18.1 Å². The van der Waals surface area contributed by atoms with E-state index in [2.05, 4.69) is 32.6 Å². The highest BCUT2D eigenvalue weighted by Crippen LogP contribution is 2.29. The number of aryl methyl sites for hydroxylation is 3. The van der Waals surface area contributed by atoms with Gasteiger partial charge in [-0.15, -0.1) is 0 Å². The molecule has 0 atom stereocenters. The van der Waals surface area contributed by atoms with Crippen molar-refractivity contribution >= 4 is 5.96 Å². The smallest absolute Gasteiger partial charge is 0.356 e. The van der Waals surface area contributed by atoms with Gasteiger partial charge in [0.05, 0.1) is 17.8 Å². The third-order valence-electron chi connectivity index (χ3n) is 3.93. The van der Waals surface area contributed by atoms with Gasteiger partial charge in [-0.05, 0) is 44.5 Å². The first kappa shape index (κ1) is 21.4. The number of guanidine groups is 1. The molecule has 0 saturated carbocycles. The monoisotopic (exact) mass is 391 g/mol. The molecule has 2 rings (SSSR count). The molecule has 1 aromatic heterocycles. The summed E-state index contributed by atoms with van der Waals surface area (Å²) in [5.74, 6) is 6.12. The van der Waals surface area contributed by atoms with Crippen LogP contribution in [0.3, 0.4) is 0 Å². The zero-order valence-electron chi connectivity index (χ0n) is 16.2. The highest BCUT2D eigenvalue weighted by atomic mass is 19.4. The van der Waals surface area contributed by atoms with Crippen molar-refractivity contribution in [1.29, 1.82) is 0 Å². The predicted octanol–water partition coefficient (Wildman–Crippen LogP) is 3.13. The number of rotatable bonds is 5. The van der Waals surface area contributed by atoms with E-state index in [4.69, 9.17) is 0 Å². The van der Waals surface area contributed by atoms with Crippen LogP contribution in [0.15, 0.2) is 35.3 Å². The predicted molar refractivity (Wildman–Crippen MR) is 104 cm³/mol. The minimum Gasteiger partial charge on any atom is -0.356 e. The van der Waals surface area contributed by atoms with Gasteiger partial charge in [0.15, 0.2) is 5.96 Å². The minimum absolute atomic E-state index is 0.271. The highest BCUT2D eigenvalue weighted by molar-refractivity contribution is 5.79. The van der Waals surface area contributed by atoms with Crippen LogP contribution in [0.5, 0.6) is 0 Å². The highest BCUT2D eigenvalue weighted by Gasteiger charge is 2.30. The molecule has 1 aromatic carbocycles. The third-order valence-corrected chi connectivity index (χ3v) is 3.93. The Morgan fingerprint density at radius 2 is 2.00 bits per heavy atom. The Bertz CT molecular complexity index is 872. The van der Waals surface area contributed by atoms with Crippen molar-refractivity contribution in [2.75, 3.05) is 20.1 Å². The summed E-state index contributed by atoms with van der Waals surface area (Å²) in [7, 11) is 1.65. The number of nitrogens with one attached hydrogen (secondary N) is 2. The van der Waals surface area contributed by atoms with Gasteiger partial charge < -0.3 is 10.6 Å². The molecule has 28 heavy (non-hydrogen) atoms. The lowest BCUT2D eigenvalue weighted by Crippen LogP contribution is -2.38. The summed E-state index contributed by atoms with van der Waals surface area (Å²) >= 11 is 0. The van der Waals surface area contributed by atoms with Gasteiger partial charge in [-0.2, -0.15) is 18.3 Å². The SMILES string of the molecule is CN=C(NCC#Cc1cccc(C(F)(F)F)c1)NCCCn1nc(C)cc1C. The number of hydrogen-bond acceptors (Lipinski definition) is 2. The zero-order valence-corrected chi connectivity index (χ0v) is 16.2. The van der Waals surface area contributed by atoms with E-state index in [1.807, 2.05) is 24.6 Å². The summed E-state index contributed by atoms with van der Waals surface area (Å²) in [6, 6.07) is 7.01. The molecule has 0 radical (unpaired) electrons. The number of aromatic nitrogens is 2. The van der Waals surface area contributed by atoms with Crippen LogP contribution in [-0.2, 0) is 12.7 Å². The summed E-state index contributed by atoms with van der Waals surface area (Å²) in [5, 5.41) is 10.6. The van der Waals surface area contributed by atoms with Gasteiger partial charge in [-0.25, -0.2) is 0 Å². The lowest BCUT2D eigenvalue weighted by Gasteiger charge is -2.10. The Hall–Kier alpha value is -2.95. The van der Waals surface area contributed by atoms with Crippen LogP contribution in [0.1, 0.15) is 28.9 Å². The quantitative estimate of drug-likeness (QED) is 0.356. The molecule has 0 fully saturated rings. The summed E-state index contributed by atoms with van der Waals surface area (Å²) in [6.07, 6.45) is -3.49. The van der Waals surface area contributed by atoms with Crippen LogP contribution in [0, 0.1) is 25.7 Å². The standard InChI is InChI=1S/C20H24F3N5/c1-15-13-16(2)28(27-15)12-6-11-26-19(24-3)25-10-5-8-17-7-4-9-18(14-17)20(21,22)23/h4,7,9,13-14H,6,10-12H2,1-3H3,(H2,24,25,26). The maximum atomic E-state index is 12.7. The van der Waals surface area contributed by atoms with Gasteiger partial charge in [0.25, 0.3) is 0 Å². The lowest BCUT2D eigenvalue weighted by molar-refractivity contribution is -0.137. The van der Waals surface area contributed by atoms with E-state index in [1.54, 1.807) is 13.1 Å². The fourth-order valence-corrected chi connectivity index (χ4v) is 2.60. The number of halogens is 3. The number of alkyl halides is 3. The van der Waals surface area contributed by atoms with Gasteiger partial charge in [-0.3, -0.25) is 9.67 Å². The molecular weight excluding hydrogens is 367 g/mol. The Morgan fingerprint density at radius 1 is 1.21 bits per heavy atom. The average Bonchev–Trinajstić information content (AvgIpc) is 2.97. The van der Waals surface area contributed by atoms with Crippen molar-refractivity contribution in [1.82, 2.24) is 20.4 Å². The summed E-state index contributed by atoms with van der Waals surface area (Å²) in [4.78, 5) is 4.10. The van der Waals surface area contributed by atoms with Crippen molar-refractivity contribution in [3.8, 4) is 11.8 Å². The molecular formula is C20H24F3N5. The van der Waals surface area contributed by atoms with Crippen molar-refractivity contribution in [2.45, 2.75) is 33.0 Å². The summed E-state index contributed by atoms with van der Waals surface area (Å²) < 4.78 is 40.1. The molecule has 150 valence electrons. The lowest BCUT2D eigenvalue weighted by atomic mass is 10.1. The fourth-order valence-electron chi connectivity index (χ4n) is 2.60. The molecule has 2 N–H and O–H groups in total. The Morgan fingerprint density at radius 3 is 2.64 bits per heavy atom. The number of aliphatic imine (C=N–C) groups is 1. The molecule has 0 aliphatic carbocycles. The first-order chi connectivity index (χ1) is 13.3. The molecule has 8 heteroatoms. The second-order valence-corrected chi connectivity index (χ2v) is 6.24. The molecule has 0 unspecified atom stereocenters. The maximum absolute atomic E-state index is 12.7. The van der Waals surface area contributed by atoms with Crippen LogP contribution < -0.4 is 10.6 Å². The molecule has 0 aliphatic rings. The van der Waals surface area contributed by atoms with Crippen molar-refractivity contribution in [3.05, 3.63) is 52.8 Å². The molecule has 2 aromatic rings. The molecule has 0 bridgehead atoms. The molecule has 0 aliphatic heterocycles. The van der Waals surface area contributed by atoms with Crippen LogP contribution in [0.2, 0.25) is 0 Å². The van der Waals surface area contributed by atoms with Gasteiger partial charge >= 0.3 is 6.18 Å². The molecule has 1 heterocycles. The van der Waals surface area contributed by atoms with Gasteiger partial charge in [-0.1, -0.05) is 17.9 Å². The van der Waals surface area contributed by atoms with Crippen LogP contribution in [-0.4, -0.2) is 35.9 Å². The third kappa shape index (κ3) is 6.65. The van der Waals surface area contributed by atoms with Crippen LogP contribution in [0.4, 0.5) is 13.2 Å². The van der Waals surface area contributed by atoms with Crippen molar-refractivity contribution in [2.24, 2.45) is 4.99 Å². The van der Waals surface area contributed by atoms with Crippen molar-refractivity contribution < 1.29 is 13.2 Å². The average molecular weight is 391 g/mol. The summed E-state index contributed by atoms with van der Waals surface area (Å²) in [6.45, 7) is 5.77. The Labute approximate surface area is 163 Å². The van der Waals surface area contributed by atoms with Crippen LogP contribution in [0.25, 0.3) is 0 Å². The maximum Gasteiger partial charge on any atom is 0.416 e. The first-order valence-electron chi connectivity index (χ1n) is 8.91. The first-order valence-corrected chi connectivity index (χ1v) is 8.91. The van der Waals surface area contributed by atoms with E-state index in [0.717, 1.165) is 36.5 Å². The van der Waals surface area contributed by atoms with E-state index >= 15 is 0 Å². The minimum atomic E-state index is -4.37. The topological polar surface area (TPSA) is 54.2 Å². The molecule has 0 amide bonds. The molecule has 0 spiro atoms. The van der Waals surface area contributed by atoms with E-state index in [1.165, 1.54) is 6.07 Å².